The Morgan fingerprint density at radius 3 is 1.88 bits per heavy atom. The first-order valence-corrected chi connectivity index (χ1v) is 14.2. The fourth-order valence-electron chi connectivity index (χ4n) is 6.56. The quantitative estimate of drug-likeness (QED) is 0.197. The fraction of sp³-hybridized carbons (Fsp3) is 0.200. The van der Waals surface area contributed by atoms with Gasteiger partial charge < -0.3 is 14.6 Å². The lowest BCUT2D eigenvalue weighted by Crippen LogP contribution is -2.29. The Bertz CT molecular complexity index is 1660. The van der Waals surface area contributed by atoms with E-state index in [9.17, 15) is 15.2 Å². The van der Waals surface area contributed by atoms with Crippen LogP contribution in [0.4, 0.5) is 0 Å². The molecule has 0 radical (unpaired) electrons. The Balaban J connectivity index is 1.56. The zero-order chi connectivity index (χ0) is 30.0. The number of benzene rings is 4. The van der Waals surface area contributed by atoms with Crippen molar-refractivity contribution in [3.63, 3.8) is 0 Å². The first-order chi connectivity index (χ1) is 20.1. The van der Waals surface area contributed by atoms with E-state index in [1.54, 1.807) is 30.3 Å². The third kappa shape index (κ3) is 5.02. The number of nitriles is 1. The summed E-state index contributed by atoms with van der Waals surface area (Å²) < 4.78 is 12.0. The number of para-hydroxylation sites is 2. The van der Waals surface area contributed by atoms with Crippen LogP contribution in [0, 0.1) is 27.6 Å². The molecule has 5 rings (SSSR count). The number of nitrogens with zero attached hydrogens (tertiary/aromatic N) is 1. The van der Waals surface area contributed by atoms with Crippen LogP contribution in [0.15, 0.2) is 120 Å². The van der Waals surface area contributed by atoms with Crippen molar-refractivity contribution in [1.82, 2.24) is 0 Å². The molecule has 0 aromatic heterocycles. The smallest absolute Gasteiger partial charge is 0.311 e. The molecule has 0 aliphatic heterocycles. The monoisotopic (exact) mass is 597 g/mol. The van der Waals surface area contributed by atoms with Gasteiger partial charge in [0.15, 0.2) is 0 Å². The molecule has 0 spiro atoms. The summed E-state index contributed by atoms with van der Waals surface area (Å²) in [5.74, 6) is 0.481. The maximum atomic E-state index is 13.4. The van der Waals surface area contributed by atoms with Gasteiger partial charge in [0, 0.05) is 5.41 Å². The molecular formula is C35H29Cl2NO4. The van der Waals surface area contributed by atoms with Crippen LogP contribution in [-0.2, 0) is 11.2 Å². The van der Waals surface area contributed by atoms with Crippen LogP contribution < -0.4 is 9.47 Å². The van der Waals surface area contributed by atoms with Gasteiger partial charge in [-0.25, -0.2) is 0 Å². The van der Waals surface area contributed by atoms with Gasteiger partial charge in [-0.15, -0.1) is 0 Å². The van der Waals surface area contributed by atoms with E-state index in [-0.39, 0.29) is 10.9 Å². The van der Waals surface area contributed by atoms with Gasteiger partial charge in [0.25, 0.3) is 0 Å². The second-order valence-electron chi connectivity index (χ2n) is 10.9. The van der Waals surface area contributed by atoms with E-state index >= 15 is 0 Å². The van der Waals surface area contributed by atoms with Crippen molar-refractivity contribution in [3.8, 4) is 29.1 Å². The van der Waals surface area contributed by atoms with E-state index in [0.717, 1.165) is 5.56 Å². The minimum atomic E-state index is -1.42. The van der Waals surface area contributed by atoms with Crippen molar-refractivity contribution in [2.24, 2.45) is 16.2 Å². The number of ether oxygens (including phenoxy) is 2. The molecule has 1 aliphatic carbocycles. The summed E-state index contributed by atoms with van der Waals surface area (Å²) in [4.78, 5) is 13.4. The predicted octanol–water partition coefficient (Wildman–Crippen LogP) is 9.54. The van der Waals surface area contributed by atoms with Gasteiger partial charge >= 0.3 is 5.97 Å². The molecule has 4 aromatic rings. The Labute approximate surface area is 255 Å². The highest BCUT2D eigenvalue weighted by molar-refractivity contribution is 6.56. The Morgan fingerprint density at radius 2 is 1.36 bits per heavy atom. The standard InChI is InChI=1S/C35H29Cl2NO4/c1-33(2)34(22-31(36)37,30(23-38)25-12-10-18-29(20-25)42-27-15-7-4-8-16-27)35(33,32(39)40)21-24-11-9-17-28(19-24)41-26-13-5-3-6-14-26/h3-20,22,30H,21H2,1-2H3,(H,39,40)/t30-,34+,35+/m0/s1. The van der Waals surface area contributed by atoms with Gasteiger partial charge in [-0.1, -0.05) is 97.7 Å². The van der Waals surface area contributed by atoms with Gasteiger partial charge in [0.05, 0.1) is 17.4 Å². The van der Waals surface area contributed by atoms with Crippen molar-refractivity contribution in [1.29, 1.82) is 5.26 Å². The lowest BCUT2D eigenvalue weighted by Gasteiger charge is -2.26. The third-order valence-corrected chi connectivity index (χ3v) is 8.77. The number of aliphatic carboxylic acids is 1. The normalized spacial score (nSPS) is 20.9. The lowest BCUT2D eigenvalue weighted by atomic mass is 9.75. The molecule has 0 amide bonds. The van der Waals surface area contributed by atoms with Crippen LogP contribution in [0.5, 0.6) is 23.0 Å². The number of hydrogen-bond acceptors (Lipinski definition) is 4. The maximum Gasteiger partial charge on any atom is 0.311 e. The average molecular weight is 599 g/mol. The molecule has 5 nitrogen and oxygen atoms in total. The minimum Gasteiger partial charge on any atom is -0.481 e. The van der Waals surface area contributed by atoms with Crippen molar-refractivity contribution < 1.29 is 19.4 Å². The Kier molecular flexibility index (Phi) is 8.06. The second-order valence-corrected chi connectivity index (χ2v) is 11.9. The highest BCUT2D eigenvalue weighted by Crippen LogP contribution is 2.84. The summed E-state index contributed by atoms with van der Waals surface area (Å²) in [5, 5.41) is 21.6. The first-order valence-electron chi connectivity index (χ1n) is 13.5. The van der Waals surface area contributed by atoms with Crippen LogP contribution in [0.3, 0.4) is 0 Å². The number of carbonyl (C=O) groups is 1. The van der Waals surface area contributed by atoms with E-state index in [4.69, 9.17) is 32.7 Å². The Morgan fingerprint density at radius 1 is 0.833 bits per heavy atom. The molecular weight excluding hydrogens is 569 g/mol. The summed E-state index contributed by atoms with van der Waals surface area (Å²) in [6, 6.07) is 35.6. The molecule has 1 saturated carbocycles. The highest BCUT2D eigenvalue weighted by Gasteiger charge is 2.87. The van der Waals surface area contributed by atoms with Crippen LogP contribution in [0.25, 0.3) is 0 Å². The van der Waals surface area contributed by atoms with Gasteiger partial charge in [0.1, 0.15) is 27.5 Å². The summed E-state index contributed by atoms with van der Waals surface area (Å²) in [7, 11) is 0. The predicted molar refractivity (Wildman–Crippen MR) is 164 cm³/mol. The molecule has 0 saturated heterocycles. The molecule has 7 heteroatoms. The number of allylic oxidation sites excluding steroid dienone is 1. The number of rotatable bonds is 10. The zero-order valence-electron chi connectivity index (χ0n) is 23.1. The minimum absolute atomic E-state index is 0.0932. The average Bonchev–Trinajstić information content (AvgIpc) is 3.37. The first kappa shape index (κ1) is 29.3. The lowest BCUT2D eigenvalue weighted by molar-refractivity contribution is -0.145. The second kappa shape index (κ2) is 11.6. The highest BCUT2D eigenvalue weighted by atomic mass is 35.5. The molecule has 1 N–H and O–H groups in total. The van der Waals surface area contributed by atoms with E-state index in [1.165, 1.54) is 0 Å². The van der Waals surface area contributed by atoms with Crippen molar-refractivity contribution in [2.75, 3.05) is 0 Å². The summed E-state index contributed by atoms with van der Waals surface area (Å²) in [6.45, 7) is 3.71. The summed E-state index contributed by atoms with van der Waals surface area (Å²) in [6.07, 6.45) is 1.67. The SMILES string of the molecule is CC1(C)[C@@](Cc2cccc(Oc3ccccc3)c2)(C(=O)O)[C@]1(C=C(Cl)Cl)[C@@H](C#N)c1cccc(Oc2ccccc2)c1. The van der Waals surface area contributed by atoms with Crippen molar-refractivity contribution in [3.05, 3.63) is 131 Å². The van der Waals surface area contributed by atoms with Crippen molar-refractivity contribution in [2.45, 2.75) is 26.2 Å². The molecule has 3 atom stereocenters. The maximum absolute atomic E-state index is 13.4. The van der Waals surface area contributed by atoms with Crippen LogP contribution >= 0.6 is 23.2 Å². The summed E-state index contributed by atoms with van der Waals surface area (Å²) in [5.41, 5.74) is -2.24. The van der Waals surface area contributed by atoms with Gasteiger partial charge in [0.2, 0.25) is 0 Å². The van der Waals surface area contributed by atoms with Gasteiger partial charge in [-0.05, 0) is 77.6 Å². The van der Waals surface area contributed by atoms with Crippen LogP contribution in [-0.4, -0.2) is 11.1 Å². The van der Waals surface area contributed by atoms with Crippen LogP contribution in [0.2, 0.25) is 0 Å². The van der Waals surface area contributed by atoms with Gasteiger partial charge in [-0.3, -0.25) is 4.79 Å². The van der Waals surface area contributed by atoms with Gasteiger partial charge in [-0.2, -0.15) is 5.26 Å². The summed E-state index contributed by atoms with van der Waals surface area (Å²) >= 11 is 12.6. The molecule has 212 valence electrons. The molecule has 0 unspecified atom stereocenters. The van der Waals surface area contributed by atoms with E-state index < -0.39 is 28.1 Å². The fourth-order valence-corrected chi connectivity index (χ4v) is 6.91. The number of carboxylic acid groups (broad SMARTS) is 1. The largest absolute Gasteiger partial charge is 0.481 e. The molecule has 0 bridgehead atoms. The molecule has 1 fully saturated rings. The number of carboxylic acids is 1. The topological polar surface area (TPSA) is 79.5 Å². The van der Waals surface area contributed by atoms with E-state index in [2.05, 4.69) is 6.07 Å². The third-order valence-electron chi connectivity index (χ3n) is 8.55. The Hall–Kier alpha value is -4.24. The number of halogens is 2. The van der Waals surface area contributed by atoms with Crippen LogP contribution in [0.1, 0.15) is 30.9 Å². The van der Waals surface area contributed by atoms with E-state index in [1.807, 2.05) is 98.8 Å². The zero-order valence-corrected chi connectivity index (χ0v) is 24.6. The van der Waals surface area contributed by atoms with Crippen molar-refractivity contribution >= 4 is 29.2 Å². The van der Waals surface area contributed by atoms with E-state index in [0.29, 0.717) is 28.6 Å². The molecule has 4 aromatic carbocycles. The molecule has 1 aliphatic rings. The molecule has 0 heterocycles. The number of hydrogen-bond donors (Lipinski definition) is 1. The molecule has 42 heavy (non-hydrogen) atoms.